The molecule has 1 N–H and O–H groups in total. The Bertz CT molecular complexity index is 918. The van der Waals surface area contributed by atoms with Gasteiger partial charge in [-0.05, 0) is 36.1 Å². The third-order valence-corrected chi connectivity index (χ3v) is 5.69. The molecule has 5 nitrogen and oxygen atoms in total. The molecule has 1 saturated heterocycles. The summed E-state index contributed by atoms with van der Waals surface area (Å²) in [5.41, 5.74) is 1.50. The number of benzene rings is 2. The highest BCUT2D eigenvalue weighted by Gasteiger charge is 2.52. The molecule has 0 aromatic heterocycles. The van der Waals surface area contributed by atoms with Gasteiger partial charge in [-0.3, -0.25) is 9.69 Å². The molecule has 0 saturated carbocycles. The van der Waals surface area contributed by atoms with E-state index in [1.165, 1.54) is 10.5 Å². The molecule has 1 aliphatic heterocycles. The summed E-state index contributed by atoms with van der Waals surface area (Å²) in [7, 11) is 0. The van der Waals surface area contributed by atoms with Crippen molar-refractivity contribution < 1.29 is 14.3 Å². The third kappa shape index (κ3) is 3.37. The fourth-order valence-corrected chi connectivity index (χ4v) is 4.07. The quantitative estimate of drug-likeness (QED) is 0.787. The van der Waals surface area contributed by atoms with E-state index in [0.717, 1.165) is 12.0 Å². The van der Waals surface area contributed by atoms with Crippen LogP contribution in [0.3, 0.4) is 0 Å². The van der Waals surface area contributed by atoms with E-state index < -0.39 is 5.54 Å². The molecule has 2 aromatic carbocycles. The summed E-state index contributed by atoms with van der Waals surface area (Å²) in [6, 6.07) is 12.6. The molecule has 4 rings (SSSR count). The van der Waals surface area contributed by atoms with Gasteiger partial charge in [0.1, 0.15) is 17.9 Å². The van der Waals surface area contributed by atoms with Crippen LogP contribution in [0.1, 0.15) is 17.5 Å². The van der Waals surface area contributed by atoms with Crippen molar-refractivity contribution in [3.63, 3.8) is 0 Å². The number of carbonyl (C=O) groups is 2. The van der Waals surface area contributed by atoms with Crippen LogP contribution in [0.25, 0.3) is 0 Å². The van der Waals surface area contributed by atoms with Gasteiger partial charge in [0.05, 0.1) is 11.6 Å². The second kappa shape index (κ2) is 7.06. The lowest BCUT2D eigenvalue weighted by Crippen LogP contribution is -2.51. The molecule has 1 atom stereocenters. The van der Waals surface area contributed by atoms with Gasteiger partial charge in [0, 0.05) is 17.5 Å². The van der Waals surface area contributed by atoms with Crippen molar-refractivity contribution >= 4 is 35.1 Å². The minimum atomic E-state index is -0.848. The summed E-state index contributed by atoms with van der Waals surface area (Å²) in [4.78, 5) is 26.7. The van der Waals surface area contributed by atoms with E-state index in [1.54, 1.807) is 18.2 Å². The molecular weight excluding hydrogens is 387 g/mol. The maximum atomic E-state index is 13.0. The lowest BCUT2D eigenvalue weighted by molar-refractivity contribution is -0.132. The Kier molecular flexibility index (Phi) is 4.74. The summed E-state index contributed by atoms with van der Waals surface area (Å²) < 4.78 is 5.62. The zero-order valence-electron chi connectivity index (χ0n) is 14.5. The number of nitrogens with one attached hydrogen (secondary N) is 1. The number of rotatable bonds is 4. The first-order valence-electron chi connectivity index (χ1n) is 8.77. The van der Waals surface area contributed by atoms with E-state index in [0.29, 0.717) is 28.6 Å². The van der Waals surface area contributed by atoms with Gasteiger partial charge in [-0.25, -0.2) is 4.79 Å². The number of fused-ring (bicyclic) bond motifs is 1. The minimum Gasteiger partial charge on any atom is -0.490 e. The Morgan fingerprint density at radius 2 is 1.89 bits per heavy atom. The average Bonchev–Trinajstić information content (AvgIpc) is 2.88. The predicted octanol–water partition coefficient (Wildman–Crippen LogP) is 3.85. The van der Waals surface area contributed by atoms with Gasteiger partial charge >= 0.3 is 6.03 Å². The Balaban J connectivity index is 1.44. The monoisotopic (exact) mass is 404 g/mol. The fraction of sp³-hybridized carbons (Fsp3) is 0.300. The first-order valence-corrected chi connectivity index (χ1v) is 9.53. The highest BCUT2D eigenvalue weighted by Crippen LogP contribution is 2.33. The van der Waals surface area contributed by atoms with Gasteiger partial charge in [0.2, 0.25) is 0 Å². The average molecular weight is 405 g/mol. The summed E-state index contributed by atoms with van der Waals surface area (Å²) in [5, 5.41) is 3.85. The SMILES string of the molecule is O=C1NC2(CCc3ccccc3C2)C(=O)N1CCOc1cc(Cl)ccc1Cl. The largest absolute Gasteiger partial charge is 0.490 e. The second-order valence-electron chi connectivity index (χ2n) is 6.84. The number of carbonyl (C=O) groups excluding carboxylic acids is 2. The van der Waals surface area contributed by atoms with Crippen molar-refractivity contribution in [1.29, 1.82) is 0 Å². The molecule has 0 radical (unpaired) electrons. The molecule has 1 aliphatic carbocycles. The van der Waals surface area contributed by atoms with Gasteiger partial charge in [-0.15, -0.1) is 0 Å². The van der Waals surface area contributed by atoms with Gasteiger partial charge in [-0.1, -0.05) is 47.5 Å². The third-order valence-electron chi connectivity index (χ3n) is 5.14. The fourth-order valence-electron chi connectivity index (χ4n) is 3.74. The Morgan fingerprint density at radius 1 is 1.11 bits per heavy atom. The molecule has 1 heterocycles. The van der Waals surface area contributed by atoms with Crippen LogP contribution in [0.5, 0.6) is 5.75 Å². The van der Waals surface area contributed by atoms with Crippen molar-refractivity contribution in [2.75, 3.05) is 13.2 Å². The van der Waals surface area contributed by atoms with Crippen molar-refractivity contribution in [3.8, 4) is 5.75 Å². The zero-order chi connectivity index (χ0) is 19.0. The van der Waals surface area contributed by atoms with E-state index in [9.17, 15) is 9.59 Å². The Hall–Kier alpha value is -2.24. The number of nitrogens with zero attached hydrogens (tertiary/aromatic N) is 1. The molecular formula is C20H18Cl2N2O3. The molecule has 140 valence electrons. The normalized spacial score (nSPS) is 21.3. The maximum absolute atomic E-state index is 13.0. The summed E-state index contributed by atoms with van der Waals surface area (Å²) >= 11 is 12.0. The van der Waals surface area contributed by atoms with Gasteiger partial charge in [-0.2, -0.15) is 0 Å². The smallest absolute Gasteiger partial charge is 0.325 e. The number of hydrogen-bond acceptors (Lipinski definition) is 3. The van der Waals surface area contributed by atoms with E-state index in [-0.39, 0.29) is 25.1 Å². The van der Waals surface area contributed by atoms with Crippen molar-refractivity contribution in [3.05, 3.63) is 63.6 Å². The molecule has 1 spiro atoms. The van der Waals surface area contributed by atoms with E-state index >= 15 is 0 Å². The number of aryl methyl sites for hydroxylation is 1. The van der Waals surface area contributed by atoms with Crippen LogP contribution in [0.15, 0.2) is 42.5 Å². The lowest BCUT2D eigenvalue weighted by Gasteiger charge is -2.32. The van der Waals surface area contributed by atoms with Gasteiger partial charge in [0.25, 0.3) is 5.91 Å². The van der Waals surface area contributed by atoms with E-state index in [2.05, 4.69) is 11.4 Å². The van der Waals surface area contributed by atoms with Crippen LogP contribution < -0.4 is 10.1 Å². The number of halogens is 2. The molecule has 7 heteroatoms. The van der Waals surface area contributed by atoms with Crippen molar-refractivity contribution in [2.24, 2.45) is 0 Å². The molecule has 1 unspecified atom stereocenters. The summed E-state index contributed by atoms with van der Waals surface area (Å²) in [5.74, 6) is 0.236. The Labute approximate surface area is 167 Å². The topological polar surface area (TPSA) is 58.6 Å². The number of imide groups is 1. The van der Waals surface area contributed by atoms with Crippen LogP contribution in [0.2, 0.25) is 10.0 Å². The lowest BCUT2D eigenvalue weighted by atomic mass is 9.78. The maximum Gasteiger partial charge on any atom is 0.325 e. The minimum absolute atomic E-state index is 0.145. The highest BCUT2D eigenvalue weighted by atomic mass is 35.5. The standard InChI is InChI=1S/C20H18Cl2N2O3/c21-15-5-6-16(22)17(11-15)27-10-9-24-18(25)20(23-19(24)26)8-7-13-3-1-2-4-14(13)12-20/h1-6,11H,7-10,12H2,(H,23,26). The van der Waals surface area contributed by atoms with Crippen LogP contribution in [0, 0.1) is 0 Å². The molecule has 2 aliphatic rings. The first-order chi connectivity index (χ1) is 13.0. The summed E-state index contributed by atoms with van der Waals surface area (Å²) in [6.45, 7) is 0.294. The number of amides is 3. The molecule has 3 amide bonds. The van der Waals surface area contributed by atoms with Crippen LogP contribution in [-0.4, -0.2) is 35.5 Å². The van der Waals surface area contributed by atoms with Crippen molar-refractivity contribution in [2.45, 2.75) is 24.8 Å². The van der Waals surface area contributed by atoms with Gasteiger partial charge < -0.3 is 10.1 Å². The van der Waals surface area contributed by atoms with E-state index in [4.69, 9.17) is 27.9 Å². The van der Waals surface area contributed by atoms with Crippen LogP contribution >= 0.6 is 23.2 Å². The first kappa shape index (κ1) is 18.1. The molecule has 2 aromatic rings. The number of hydrogen-bond donors (Lipinski definition) is 1. The van der Waals surface area contributed by atoms with Crippen molar-refractivity contribution in [1.82, 2.24) is 10.2 Å². The predicted molar refractivity (Wildman–Crippen MR) is 103 cm³/mol. The molecule has 27 heavy (non-hydrogen) atoms. The highest BCUT2D eigenvalue weighted by molar-refractivity contribution is 6.34. The van der Waals surface area contributed by atoms with Crippen LogP contribution in [0.4, 0.5) is 4.79 Å². The zero-order valence-corrected chi connectivity index (χ0v) is 16.0. The summed E-state index contributed by atoms with van der Waals surface area (Å²) in [6.07, 6.45) is 1.89. The molecule has 0 bridgehead atoms. The van der Waals surface area contributed by atoms with Gasteiger partial charge in [0.15, 0.2) is 0 Å². The second-order valence-corrected chi connectivity index (χ2v) is 7.68. The number of urea groups is 1. The Morgan fingerprint density at radius 3 is 2.70 bits per heavy atom. The number of ether oxygens (including phenoxy) is 1. The van der Waals surface area contributed by atoms with E-state index in [1.807, 2.05) is 18.2 Å². The molecule has 1 fully saturated rings. The van der Waals surface area contributed by atoms with Crippen LogP contribution in [-0.2, 0) is 17.6 Å².